The van der Waals surface area contributed by atoms with E-state index in [4.69, 9.17) is 4.74 Å². The molecule has 28 heavy (non-hydrogen) atoms. The van der Waals surface area contributed by atoms with Gasteiger partial charge in [0.05, 0.1) is 0 Å². The lowest BCUT2D eigenvalue weighted by Crippen LogP contribution is -2.45. The monoisotopic (exact) mass is 455 g/mol. The molecule has 0 fully saturated rings. The Labute approximate surface area is 186 Å². The molecule has 0 aliphatic carbocycles. The van der Waals surface area contributed by atoms with E-state index >= 15 is 0 Å². The molecule has 1 aromatic rings. The van der Waals surface area contributed by atoms with Gasteiger partial charge in [-0.15, -0.1) is 17.0 Å². The van der Waals surface area contributed by atoms with Crippen LogP contribution in [0.5, 0.6) is 5.75 Å². The molecule has 3 heteroatoms. The predicted octanol–water partition coefficient (Wildman–Crippen LogP) is 8.10. The summed E-state index contributed by atoms with van der Waals surface area (Å²) in [4.78, 5) is 0. The van der Waals surface area contributed by atoms with Crippen LogP contribution in [0.2, 0.25) is 0 Å². The van der Waals surface area contributed by atoms with E-state index in [0.717, 1.165) is 12.3 Å². The topological polar surface area (TPSA) is 21.3 Å². The highest BCUT2D eigenvalue weighted by Gasteiger charge is 2.17. The molecule has 0 spiro atoms. The number of halogens is 1. The molecule has 1 rings (SSSR count). The Morgan fingerprint density at radius 1 is 0.714 bits per heavy atom. The van der Waals surface area contributed by atoms with E-state index in [1.165, 1.54) is 83.5 Å². The summed E-state index contributed by atoms with van der Waals surface area (Å²) in [6.07, 6.45) is 18.3. The predicted molar refractivity (Wildman–Crippen MR) is 130 cm³/mol. The molecule has 0 unspecified atom stereocenters. The molecule has 0 aliphatic rings. The summed E-state index contributed by atoms with van der Waals surface area (Å²) in [6.45, 7) is 8.52. The summed E-state index contributed by atoms with van der Waals surface area (Å²) in [6, 6.07) is 10.1. The molecule has 0 saturated heterocycles. The number of para-hydroxylation sites is 1. The first-order chi connectivity index (χ1) is 13.1. The van der Waals surface area contributed by atoms with Gasteiger partial charge >= 0.3 is 0 Å². The van der Waals surface area contributed by atoms with Gasteiger partial charge in [0.25, 0.3) is 0 Å². The number of unbranched alkanes of at least 4 members (excludes halogenated alkanes) is 12. The lowest BCUT2D eigenvalue weighted by atomic mass is 10.0. The highest BCUT2D eigenvalue weighted by atomic mass is 79.9. The van der Waals surface area contributed by atoms with Crippen molar-refractivity contribution in [3.05, 3.63) is 30.3 Å². The van der Waals surface area contributed by atoms with Crippen molar-refractivity contribution < 1.29 is 4.74 Å². The van der Waals surface area contributed by atoms with Gasteiger partial charge in [-0.25, -0.2) is 0 Å². The largest absolute Gasteiger partial charge is 0.492 e. The van der Waals surface area contributed by atoms with Crippen LogP contribution in [0.25, 0.3) is 0 Å². The molecule has 1 aromatic carbocycles. The van der Waals surface area contributed by atoms with Crippen LogP contribution in [0, 0.1) is 0 Å². The van der Waals surface area contributed by atoms with E-state index in [0.29, 0.717) is 6.61 Å². The third-order valence-electron chi connectivity index (χ3n) is 5.23. The molecule has 2 nitrogen and oxygen atoms in total. The van der Waals surface area contributed by atoms with Gasteiger partial charge in [0.1, 0.15) is 12.4 Å². The standard InChI is InChI=1S/C25H45NO.BrH/c1-4-5-6-7-8-9-10-11-12-13-14-15-19-22-26-25(2,3)23-27-24-20-17-16-18-21-24;/h16-18,20-21,26H,4-15,19,22-23H2,1-3H3;1H. The molecule has 0 amide bonds. The summed E-state index contributed by atoms with van der Waals surface area (Å²) >= 11 is 0. The van der Waals surface area contributed by atoms with Gasteiger partial charge in [-0.2, -0.15) is 0 Å². The smallest absolute Gasteiger partial charge is 0.119 e. The van der Waals surface area contributed by atoms with Gasteiger partial charge in [0.2, 0.25) is 0 Å². The molecule has 164 valence electrons. The number of ether oxygens (including phenoxy) is 1. The van der Waals surface area contributed by atoms with Crippen LogP contribution in [0.1, 0.15) is 104 Å². The molecule has 0 aliphatic heterocycles. The average molecular weight is 457 g/mol. The highest BCUT2D eigenvalue weighted by Crippen LogP contribution is 2.14. The Hall–Kier alpha value is -0.540. The maximum absolute atomic E-state index is 5.88. The zero-order valence-corrected chi connectivity index (χ0v) is 20.5. The lowest BCUT2D eigenvalue weighted by Gasteiger charge is -2.26. The third-order valence-corrected chi connectivity index (χ3v) is 5.23. The molecule has 1 N–H and O–H groups in total. The van der Waals surface area contributed by atoms with Crippen LogP contribution in [0.3, 0.4) is 0 Å². The summed E-state index contributed by atoms with van der Waals surface area (Å²) in [5.41, 5.74) is 0.0208. The maximum Gasteiger partial charge on any atom is 0.119 e. The van der Waals surface area contributed by atoms with Crippen molar-refractivity contribution in [1.29, 1.82) is 0 Å². The van der Waals surface area contributed by atoms with Crippen LogP contribution in [0.4, 0.5) is 0 Å². The second-order valence-corrected chi connectivity index (χ2v) is 8.66. The van der Waals surface area contributed by atoms with Crippen molar-refractivity contribution in [3.8, 4) is 5.75 Å². The van der Waals surface area contributed by atoms with Crippen LogP contribution in [0.15, 0.2) is 30.3 Å². The quantitative estimate of drug-likeness (QED) is 0.225. The molecule has 0 saturated carbocycles. The Bertz CT molecular complexity index is 435. The van der Waals surface area contributed by atoms with E-state index in [2.05, 4.69) is 26.1 Å². The summed E-state index contributed by atoms with van der Waals surface area (Å²) in [5, 5.41) is 3.64. The Morgan fingerprint density at radius 2 is 1.18 bits per heavy atom. The van der Waals surface area contributed by atoms with Crippen LogP contribution < -0.4 is 10.1 Å². The first-order valence-corrected chi connectivity index (χ1v) is 11.6. The van der Waals surface area contributed by atoms with Crippen molar-refractivity contribution in [3.63, 3.8) is 0 Å². The summed E-state index contributed by atoms with van der Waals surface area (Å²) in [7, 11) is 0. The van der Waals surface area contributed by atoms with Crippen molar-refractivity contribution >= 4 is 17.0 Å². The molecular weight excluding hydrogens is 410 g/mol. The van der Waals surface area contributed by atoms with Crippen molar-refractivity contribution in [2.24, 2.45) is 0 Å². The lowest BCUT2D eigenvalue weighted by molar-refractivity contribution is 0.208. The number of benzene rings is 1. The average Bonchev–Trinajstić information content (AvgIpc) is 2.67. The number of hydrogen-bond acceptors (Lipinski definition) is 2. The van der Waals surface area contributed by atoms with E-state index < -0.39 is 0 Å². The first-order valence-electron chi connectivity index (χ1n) is 11.6. The fraction of sp³-hybridized carbons (Fsp3) is 0.760. The zero-order valence-electron chi connectivity index (χ0n) is 18.8. The molecule has 0 atom stereocenters. The fourth-order valence-electron chi connectivity index (χ4n) is 3.40. The van der Waals surface area contributed by atoms with Gasteiger partial charge in [0.15, 0.2) is 0 Å². The fourth-order valence-corrected chi connectivity index (χ4v) is 3.40. The molecule has 0 radical (unpaired) electrons. The van der Waals surface area contributed by atoms with Crippen LogP contribution >= 0.6 is 17.0 Å². The number of rotatable bonds is 18. The first kappa shape index (κ1) is 27.5. The summed E-state index contributed by atoms with van der Waals surface area (Å²) < 4.78 is 5.88. The second-order valence-electron chi connectivity index (χ2n) is 8.66. The van der Waals surface area contributed by atoms with E-state index in [1.54, 1.807) is 0 Å². The van der Waals surface area contributed by atoms with Gasteiger partial charge in [-0.05, 0) is 38.9 Å². The summed E-state index contributed by atoms with van der Waals surface area (Å²) in [5.74, 6) is 0.952. The minimum atomic E-state index is 0. The second kappa shape index (κ2) is 18.5. The van der Waals surface area contributed by atoms with Crippen LogP contribution in [-0.2, 0) is 0 Å². The third kappa shape index (κ3) is 16.4. The molecular formula is C25H46BrNO. The number of nitrogens with one attached hydrogen (secondary N) is 1. The molecule has 0 aromatic heterocycles. The van der Waals surface area contributed by atoms with Gasteiger partial charge < -0.3 is 10.1 Å². The van der Waals surface area contributed by atoms with Crippen LogP contribution in [-0.4, -0.2) is 18.7 Å². The van der Waals surface area contributed by atoms with E-state index in [-0.39, 0.29) is 22.5 Å². The minimum absolute atomic E-state index is 0. The van der Waals surface area contributed by atoms with Crippen molar-refractivity contribution in [2.45, 2.75) is 110 Å². The normalized spacial score (nSPS) is 11.2. The highest BCUT2D eigenvalue weighted by molar-refractivity contribution is 8.93. The van der Waals surface area contributed by atoms with Crippen molar-refractivity contribution in [1.82, 2.24) is 5.32 Å². The Balaban J connectivity index is 0.00000729. The Morgan fingerprint density at radius 3 is 1.68 bits per heavy atom. The Kier molecular flexibility index (Phi) is 18.1. The SMILES string of the molecule is Br.CCCCCCCCCCCCCCCNC(C)(C)COc1ccccc1. The maximum atomic E-state index is 5.88. The zero-order chi connectivity index (χ0) is 19.6. The van der Waals surface area contributed by atoms with Gasteiger partial charge in [0, 0.05) is 5.54 Å². The minimum Gasteiger partial charge on any atom is -0.492 e. The van der Waals surface area contributed by atoms with E-state index in [1.807, 2.05) is 30.3 Å². The van der Waals surface area contributed by atoms with Crippen molar-refractivity contribution in [2.75, 3.05) is 13.2 Å². The van der Waals surface area contributed by atoms with Gasteiger partial charge in [-0.1, -0.05) is 102 Å². The molecule has 0 bridgehead atoms. The van der Waals surface area contributed by atoms with E-state index in [9.17, 15) is 0 Å². The number of hydrogen-bond donors (Lipinski definition) is 1. The van der Waals surface area contributed by atoms with Gasteiger partial charge in [-0.3, -0.25) is 0 Å². The molecule has 0 heterocycles.